The number of nitrogens with zero attached hydrogens (tertiary/aromatic N) is 3. The van der Waals surface area contributed by atoms with E-state index in [0.717, 1.165) is 11.3 Å². The molecule has 17 heavy (non-hydrogen) atoms. The fourth-order valence-corrected chi connectivity index (χ4v) is 2.10. The fraction of sp³-hybridized carbons (Fsp3) is 0.182. The van der Waals surface area contributed by atoms with E-state index in [-0.39, 0.29) is 5.75 Å². The first-order valence-electron chi connectivity index (χ1n) is 4.97. The molecule has 0 amide bonds. The number of carboxylic acids is 1. The van der Waals surface area contributed by atoms with Crippen molar-refractivity contribution in [3.63, 3.8) is 0 Å². The van der Waals surface area contributed by atoms with Gasteiger partial charge in [0.25, 0.3) is 0 Å². The number of aromatic nitrogens is 3. The smallest absolute Gasteiger partial charge is 0.313 e. The molecule has 0 unspecified atom stereocenters. The first kappa shape index (κ1) is 11.7. The lowest BCUT2D eigenvalue weighted by molar-refractivity contribution is -0.133. The van der Waals surface area contributed by atoms with Crippen molar-refractivity contribution < 1.29 is 9.90 Å². The molecule has 0 bridgehead atoms. The second-order valence-corrected chi connectivity index (χ2v) is 4.37. The third-order valence-corrected chi connectivity index (χ3v) is 3.15. The maximum atomic E-state index is 10.5. The lowest BCUT2D eigenvalue weighted by Crippen LogP contribution is -2.02. The minimum absolute atomic E-state index is 0.00365. The van der Waals surface area contributed by atoms with Gasteiger partial charge in [0.15, 0.2) is 5.16 Å². The zero-order valence-electron chi connectivity index (χ0n) is 9.20. The van der Waals surface area contributed by atoms with Crippen molar-refractivity contribution in [3.8, 4) is 5.69 Å². The van der Waals surface area contributed by atoms with Gasteiger partial charge in [-0.05, 0) is 18.6 Å². The highest BCUT2D eigenvalue weighted by molar-refractivity contribution is 7.99. The predicted molar refractivity (Wildman–Crippen MR) is 64.5 cm³/mol. The summed E-state index contributed by atoms with van der Waals surface area (Å²) in [6.45, 7) is 1.97. The Morgan fingerprint density at radius 2 is 2.35 bits per heavy atom. The molecule has 0 aliphatic carbocycles. The summed E-state index contributed by atoms with van der Waals surface area (Å²) in [6.07, 6.45) is 6.91. The molecular weight excluding hydrogens is 238 g/mol. The van der Waals surface area contributed by atoms with E-state index in [1.807, 2.05) is 17.6 Å². The van der Waals surface area contributed by atoms with Crippen molar-refractivity contribution in [3.05, 3.63) is 36.4 Å². The lowest BCUT2D eigenvalue weighted by atomic mass is 10.2. The standard InChI is InChI=1S/C11H11N3O2S/c1-8-2-3-12-6-9(8)14-5-4-13-11(14)17-7-10(15)16/h2-6H,7H2,1H3,(H,15,16). The number of carboxylic acid groups (broad SMARTS) is 1. The van der Waals surface area contributed by atoms with Gasteiger partial charge in [-0.15, -0.1) is 0 Å². The van der Waals surface area contributed by atoms with E-state index in [0.29, 0.717) is 5.16 Å². The monoisotopic (exact) mass is 249 g/mol. The zero-order valence-corrected chi connectivity index (χ0v) is 10.0. The van der Waals surface area contributed by atoms with Gasteiger partial charge in [0.05, 0.1) is 17.6 Å². The van der Waals surface area contributed by atoms with Crippen LogP contribution >= 0.6 is 11.8 Å². The van der Waals surface area contributed by atoms with Crippen LogP contribution in [-0.4, -0.2) is 31.4 Å². The number of pyridine rings is 1. The second kappa shape index (κ2) is 5.01. The minimum Gasteiger partial charge on any atom is -0.481 e. The van der Waals surface area contributed by atoms with Gasteiger partial charge in [0, 0.05) is 18.6 Å². The van der Waals surface area contributed by atoms with Gasteiger partial charge in [-0.1, -0.05) is 11.8 Å². The van der Waals surface area contributed by atoms with Crippen LogP contribution in [0.1, 0.15) is 5.56 Å². The Bertz CT molecular complexity index is 539. The molecule has 5 nitrogen and oxygen atoms in total. The SMILES string of the molecule is Cc1ccncc1-n1ccnc1SCC(=O)O. The van der Waals surface area contributed by atoms with Crippen molar-refractivity contribution in [1.82, 2.24) is 14.5 Å². The minimum atomic E-state index is -0.854. The average Bonchev–Trinajstić information content (AvgIpc) is 2.75. The molecule has 88 valence electrons. The highest BCUT2D eigenvalue weighted by Crippen LogP contribution is 2.21. The Morgan fingerprint density at radius 1 is 1.53 bits per heavy atom. The van der Waals surface area contributed by atoms with E-state index < -0.39 is 5.97 Å². The summed E-state index contributed by atoms with van der Waals surface area (Å²) in [5.74, 6) is -0.858. The van der Waals surface area contributed by atoms with Gasteiger partial charge in [0.2, 0.25) is 0 Å². The fourth-order valence-electron chi connectivity index (χ4n) is 1.41. The molecule has 6 heteroatoms. The zero-order chi connectivity index (χ0) is 12.3. The third-order valence-electron chi connectivity index (χ3n) is 2.20. The third kappa shape index (κ3) is 2.65. The molecule has 0 aromatic carbocycles. The number of hydrogen-bond acceptors (Lipinski definition) is 4. The van der Waals surface area contributed by atoms with E-state index in [9.17, 15) is 4.79 Å². The molecule has 0 aliphatic heterocycles. The van der Waals surface area contributed by atoms with Crippen LogP contribution < -0.4 is 0 Å². The average molecular weight is 249 g/mol. The van der Waals surface area contributed by atoms with Gasteiger partial charge in [0.1, 0.15) is 0 Å². The first-order chi connectivity index (χ1) is 8.18. The molecule has 0 atom stereocenters. The Morgan fingerprint density at radius 3 is 3.06 bits per heavy atom. The Kier molecular flexibility index (Phi) is 3.43. The summed E-state index contributed by atoms with van der Waals surface area (Å²) in [7, 11) is 0. The lowest BCUT2D eigenvalue weighted by Gasteiger charge is -2.08. The van der Waals surface area contributed by atoms with Crippen molar-refractivity contribution >= 4 is 17.7 Å². The van der Waals surface area contributed by atoms with Gasteiger partial charge in [-0.3, -0.25) is 14.3 Å². The summed E-state index contributed by atoms with van der Waals surface area (Å²) in [5.41, 5.74) is 1.98. The van der Waals surface area contributed by atoms with Crippen LogP contribution in [0.4, 0.5) is 0 Å². The number of carbonyl (C=O) groups is 1. The second-order valence-electron chi connectivity index (χ2n) is 3.42. The molecule has 0 spiro atoms. The molecule has 2 rings (SSSR count). The van der Waals surface area contributed by atoms with Crippen molar-refractivity contribution in [2.45, 2.75) is 12.1 Å². The number of aliphatic carboxylic acids is 1. The summed E-state index contributed by atoms with van der Waals surface area (Å²) in [4.78, 5) is 18.7. The first-order valence-corrected chi connectivity index (χ1v) is 5.96. The van der Waals surface area contributed by atoms with Crippen LogP contribution in [0.2, 0.25) is 0 Å². The number of imidazole rings is 1. The Labute approximate surface area is 103 Å². The molecule has 2 aromatic rings. The van der Waals surface area contributed by atoms with E-state index in [2.05, 4.69) is 9.97 Å². The van der Waals surface area contributed by atoms with Crippen LogP contribution in [0.3, 0.4) is 0 Å². The molecule has 2 aromatic heterocycles. The molecular formula is C11H11N3O2S. The van der Waals surface area contributed by atoms with E-state index in [4.69, 9.17) is 5.11 Å². The summed E-state index contributed by atoms with van der Waals surface area (Å²) < 4.78 is 1.84. The molecule has 2 heterocycles. The largest absolute Gasteiger partial charge is 0.481 e. The van der Waals surface area contributed by atoms with Crippen LogP contribution in [-0.2, 0) is 4.79 Å². The number of aryl methyl sites for hydroxylation is 1. The highest BCUT2D eigenvalue weighted by atomic mass is 32.2. The Balaban J connectivity index is 2.31. The Hall–Kier alpha value is -1.82. The number of thioether (sulfide) groups is 1. The molecule has 0 aliphatic rings. The van der Waals surface area contributed by atoms with Gasteiger partial charge < -0.3 is 5.11 Å². The van der Waals surface area contributed by atoms with E-state index >= 15 is 0 Å². The van der Waals surface area contributed by atoms with Crippen LogP contribution in [0.25, 0.3) is 5.69 Å². The van der Waals surface area contributed by atoms with Crippen molar-refractivity contribution in [2.24, 2.45) is 0 Å². The topological polar surface area (TPSA) is 68.0 Å². The van der Waals surface area contributed by atoms with Crippen LogP contribution in [0.15, 0.2) is 36.0 Å². The molecule has 0 saturated carbocycles. The van der Waals surface area contributed by atoms with Crippen LogP contribution in [0.5, 0.6) is 0 Å². The highest BCUT2D eigenvalue weighted by Gasteiger charge is 2.09. The predicted octanol–water partition coefficient (Wildman–Crippen LogP) is 1.75. The summed E-state index contributed by atoms with van der Waals surface area (Å²) >= 11 is 1.19. The van der Waals surface area contributed by atoms with Gasteiger partial charge >= 0.3 is 5.97 Å². The quantitative estimate of drug-likeness (QED) is 0.836. The van der Waals surface area contributed by atoms with Gasteiger partial charge in [-0.2, -0.15) is 0 Å². The van der Waals surface area contributed by atoms with E-state index in [1.54, 1.807) is 24.8 Å². The molecule has 0 fully saturated rings. The van der Waals surface area contributed by atoms with Crippen molar-refractivity contribution in [2.75, 3.05) is 5.75 Å². The number of rotatable bonds is 4. The van der Waals surface area contributed by atoms with Crippen molar-refractivity contribution in [1.29, 1.82) is 0 Å². The molecule has 0 radical (unpaired) electrons. The normalized spacial score (nSPS) is 10.4. The molecule has 0 saturated heterocycles. The van der Waals surface area contributed by atoms with Gasteiger partial charge in [-0.25, -0.2) is 4.98 Å². The molecule has 1 N–H and O–H groups in total. The summed E-state index contributed by atoms with van der Waals surface area (Å²) in [5, 5.41) is 9.31. The maximum absolute atomic E-state index is 10.5. The summed E-state index contributed by atoms with van der Waals surface area (Å²) in [6, 6.07) is 1.90. The number of hydrogen-bond donors (Lipinski definition) is 1. The maximum Gasteiger partial charge on any atom is 0.313 e. The van der Waals surface area contributed by atoms with E-state index in [1.165, 1.54) is 11.8 Å². The van der Waals surface area contributed by atoms with Crippen LogP contribution in [0, 0.1) is 6.92 Å².